The SMILES string of the molecule is CC1NC(=O)CN(C2(C(F)(F)F)CC2)C1=O. The Morgan fingerprint density at radius 3 is 2.38 bits per heavy atom. The summed E-state index contributed by atoms with van der Waals surface area (Å²) in [6.45, 7) is 0.890. The molecule has 2 fully saturated rings. The predicted octanol–water partition coefficient (Wildman–Crippen LogP) is 0.428. The molecule has 0 spiro atoms. The van der Waals surface area contributed by atoms with Crippen LogP contribution in [0, 0.1) is 0 Å². The normalized spacial score (nSPS) is 29.0. The zero-order chi connectivity index (χ0) is 12.1. The Bertz CT molecular complexity index is 349. The molecule has 4 nitrogen and oxygen atoms in total. The molecule has 1 saturated carbocycles. The van der Waals surface area contributed by atoms with Crippen molar-refractivity contribution in [2.45, 2.75) is 37.5 Å². The first-order valence-corrected chi connectivity index (χ1v) is 4.95. The average molecular weight is 236 g/mol. The molecule has 16 heavy (non-hydrogen) atoms. The maximum Gasteiger partial charge on any atom is 0.411 e. The number of alkyl halides is 3. The Kier molecular flexibility index (Phi) is 2.18. The van der Waals surface area contributed by atoms with Crippen LogP contribution in [0.1, 0.15) is 19.8 Å². The fourth-order valence-corrected chi connectivity index (χ4v) is 1.99. The summed E-state index contributed by atoms with van der Waals surface area (Å²) in [7, 11) is 0. The summed E-state index contributed by atoms with van der Waals surface area (Å²) in [6.07, 6.45) is -4.68. The Morgan fingerprint density at radius 2 is 1.94 bits per heavy atom. The van der Waals surface area contributed by atoms with Gasteiger partial charge in [0, 0.05) is 0 Å². The van der Waals surface area contributed by atoms with Crippen molar-refractivity contribution in [3.05, 3.63) is 0 Å². The number of nitrogens with zero attached hydrogens (tertiary/aromatic N) is 1. The van der Waals surface area contributed by atoms with Crippen LogP contribution in [0.5, 0.6) is 0 Å². The van der Waals surface area contributed by atoms with Gasteiger partial charge in [0.05, 0.1) is 0 Å². The molecular formula is C9H11F3N2O2. The standard InChI is InChI=1S/C9H11F3N2O2/c1-5-7(16)14(4-6(15)13-5)8(2-3-8)9(10,11)12/h5H,2-4H2,1H3,(H,13,15). The third-order valence-corrected chi connectivity index (χ3v) is 3.08. The van der Waals surface area contributed by atoms with E-state index in [2.05, 4.69) is 5.32 Å². The molecule has 0 aromatic rings. The summed E-state index contributed by atoms with van der Waals surface area (Å²) in [4.78, 5) is 23.5. The zero-order valence-corrected chi connectivity index (χ0v) is 8.60. The molecule has 2 rings (SSSR count). The molecule has 1 heterocycles. The van der Waals surface area contributed by atoms with Crippen LogP contribution in [-0.2, 0) is 9.59 Å². The smallest absolute Gasteiger partial charge is 0.343 e. The molecule has 0 aromatic carbocycles. The maximum absolute atomic E-state index is 12.8. The minimum Gasteiger partial charge on any atom is -0.343 e. The monoisotopic (exact) mass is 236 g/mol. The van der Waals surface area contributed by atoms with Crippen LogP contribution in [0.2, 0.25) is 0 Å². The van der Waals surface area contributed by atoms with Crippen molar-refractivity contribution in [2.75, 3.05) is 6.54 Å². The lowest BCUT2D eigenvalue weighted by Crippen LogP contribution is -2.63. The van der Waals surface area contributed by atoms with E-state index in [4.69, 9.17) is 0 Å². The average Bonchev–Trinajstić information content (AvgIpc) is 2.90. The van der Waals surface area contributed by atoms with Crippen molar-refractivity contribution >= 4 is 11.8 Å². The second-order valence-electron chi connectivity index (χ2n) is 4.24. The van der Waals surface area contributed by atoms with E-state index in [-0.39, 0.29) is 12.8 Å². The van der Waals surface area contributed by atoms with Gasteiger partial charge in [0.2, 0.25) is 11.8 Å². The number of halogens is 3. The highest BCUT2D eigenvalue weighted by molar-refractivity contribution is 5.95. The first kappa shape index (κ1) is 11.2. The summed E-state index contributed by atoms with van der Waals surface area (Å²) >= 11 is 0. The van der Waals surface area contributed by atoms with Gasteiger partial charge in [-0.1, -0.05) is 0 Å². The minimum atomic E-state index is -4.46. The van der Waals surface area contributed by atoms with Gasteiger partial charge in [-0.3, -0.25) is 9.59 Å². The third-order valence-electron chi connectivity index (χ3n) is 3.08. The van der Waals surface area contributed by atoms with Gasteiger partial charge >= 0.3 is 6.18 Å². The summed E-state index contributed by atoms with van der Waals surface area (Å²) < 4.78 is 38.3. The van der Waals surface area contributed by atoms with Crippen LogP contribution in [0.3, 0.4) is 0 Å². The molecule has 0 bridgehead atoms. The van der Waals surface area contributed by atoms with Crippen molar-refractivity contribution in [2.24, 2.45) is 0 Å². The Hall–Kier alpha value is -1.27. The van der Waals surface area contributed by atoms with E-state index in [1.165, 1.54) is 6.92 Å². The van der Waals surface area contributed by atoms with E-state index in [0.29, 0.717) is 4.90 Å². The van der Waals surface area contributed by atoms with E-state index >= 15 is 0 Å². The third kappa shape index (κ3) is 1.45. The molecule has 7 heteroatoms. The van der Waals surface area contributed by atoms with Gasteiger partial charge in [0.15, 0.2) is 0 Å². The van der Waals surface area contributed by atoms with Crippen molar-refractivity contribution in [3.63, 3.8) is 0 Å². The second kappa shape index (κ2) is 3.11. The maximum atomic E-state index is 12.8. The van der Waals surface area contributed by atoms with Gasteiger partial charge in [-0.15, -0.1) is 0 Å². The van der Waals surface area contributed by atoms with E-state index in [1.54, 1.807) is 0 Å². The van der Waals surface area contributed by atoms with Crippen molar-refractivity contribution < 1.29 is 22.8 Å². The van der Waals surface area contributed by atoms with E-state index in [0.717, 1.165) is 0 Å². The number of nitrogens with one attached hydrogen (secondary N) is 1. The Balaban J connectivity index is 2.27. The molecule has 1 atom stereocenters. The lowest BCUT2D eigenvalue weighted by atomic mass is 10.1. The van der Waals surface area contributed by atoms with Gasteiger partial charge < -0.3 is 10.2 Å². The van der Waals surface area contributed by atoms with Crippen LogP contribution in [0.15, 0.2) is 0 Å². The van der Waals surface area contributed by atoms with Gasteiger partial charge in [-0.05, 0) is 19.8 Å². The van der Waals surface area contributed by atoms with Gasteiger partial charge in [-0.25, -0.2) is 0 Å². The lowest BCUT2D eigenvalue weighted by Gasteiger charge is -2.38. The summed E-state index contributed by atoms with van der Waals surface area (Å²) in [5.74, 6) is -1.20. The van der Waals surface area contributed by atoms with Gasteiger partial charge in [0.25, 0.3) is 0 Å². The van der Waals surface area contributed by atoms with Gasteiger partial charge in [0.1, 0.15) is 18.1 Å². The minimum absolute atomic E-state index is 0.109. The number of rotatable bonds is 1. The van der Waals surface area contributed by atoms with Crippen LogP contribution in [-0.4, -0.2) is 41.0 Å². The van der Waals surface area contributed by atoms with Gasteiger partial charge in [-0.2, -0.15) is 13.2 Å². The first-order chi connectivity index (χ1) is 7.28. The number of carbonyl (C=O) groups is 2. The number of amides is 2. The van der Waals surface area contributed by atoms with Crippen molar-refractivity contribution in [1.82, 2.24) is 10.2 Å². The number of hydrogen-bond acceptors (Lipinski definition) is 2. The molecular weight excluding hydrogens is 225 g/mol. The van der Waals surface area contributed by atoms with Crippen LogP contribution >= 0.6 is 0 Å². The molecule has 0 aromatic heterocycles. The van der Waals surface area contributed by atoms with Crippen molar-refractivity contribution in [1.29, 1.82) is 0 Å². The molecule has 1 aliphatic heterocycles. The second-order valence-corrected chi connectivity index (χ2v) is 4.24. The van der Waals surface area contributed by atoms with Crippen LogP contribution in [0.4, 0.5) is 13.2 Å². The van der Waals surface area contributed by atoms with Crippen molar-refractivity contribution in [3.8, 4) is 0 Å². The summed E-state index contributed by atoms with van der Waals surface area (Å²) in [5.41, 5.74) is -2.09. The molecule has 2 aliphatic rings. The lowest BCUT2D eigenvalue weighted by molar-refractivity contribution is -0.203. The molecule has 1 saturated heterocycles. The van der Waals surface area contributed by atoms with E-state index < -0.39 is 36.1 Å². The predicted molar refractivity (Wildman–Crippen MR) is 47.3 cm³/mol. The quantitative estimate of drug-likeness (QED) is 0.717. The highest BCUT2D eigenvalue weighted by atomic mass is 19.4. The zero-order valence-electron chi connectivity index (χ0n) is 8.60. The van der Waals surface area contributed by atoms with E-state index in [1.807, 2.05) is 0 Å². The first-order valence-electron chi connectivity index (χ1n) is 4.95. The summed E-state index contributed by atoms with van der Waals surface area (Å²) in [6, 6.07) is -0.874. The van der Waals surface area contributed by atoms with Crippen LogP contribution in [0.25, 0.3) is 0 Å². The molecule has 1 aliphatic carbocycles. The number of hydrogen-bond donors (Lipinski definition) is 1. The molecule has 1 N–H and O–H groups in total. The largest absolute Gasteiger partial charge is 0.411 e. The highest BCUT2D eigenvalue weighted by Gasteiger charge is 2.68. The van der Waals surface area contributed by atoms with Crippen LogP contribution < -0.4 is 5.32 Å². The molecule has 1 unspecified atom stereocenters. The number of carbonyl (C=O) groups excluding carboxylic acids is 2. The molecule has 0 radical (unpaired) electrons. The number of piperazine rings is 1. The fourth-order valence-electron chi connectivity index (χ4n) is 1.99. The molecule has 90 valence electrons. The molecule has 2 amide bonds. The Labute approximate surface area is 89.8 Å². The Morgan fingerprint density at radius 1 is 1.38 bits per heavy atom. The van der Waals surface area contributed by atoms with E-state index in [9.17, 15) is 22.8 Å². The summed E-state index contributed by atoms with van der Waals surface area (Å²) in [5, 5.41) is 2.31. The topological polar surface area (TPSA) is 49.4 Å². The highest BCUT2D eigenvalue weighted by Crippen LogP contribution is 2.53. The fraction of sp³-hybridized carbons (Fsp3) is 0.778.